The number of rotatable bonds is 6. The van der Waals surface area contributed by atoms with Crippen LogP contribution in [0.2, 0.25) is 0 Å². The van der Waals surface area contributed by atoms with Gasteiger partial charge >= 0.3 is 6.18 Å². The van der Waals surface area contributed by atoms with Crippen molar-refractivity contribution in [1.29, 1.82) is 0 Å². The number of carbonyl (C=O) groups excluding carboxylic acids is 2. The molecule has 0 saturated carbocycles. The zero-order valence-corrected chi connectivity index (χ0v) is 20.3. The van der Waals surface area contributed by atoms with Crippen molar-refractivity contribution in [1.82, 2.24) is 24.8 Å². The van der Waals surface area contributed by atoms with E-state index >= 15 is 0 Å². The van der Waals surface area contributed by atoms with Gasteiger partial charge in [-0.25, -0.2) is 13.9 Å². The number of anilines is 1. The highest BCUT2D eigenvalue weighted by molar-refractivity contribution is 5.96. The number of fused-ring (bicyclic) bond motifs is 1. The van der Waals surface area contributed by atoms with Crippen molar-refractivity contribution in [3.63, 3.8) is 0 Å². The summed E-state index contributed by atoms with van der Waals surface area (Å²) >= 11 is 0. The van der Waals surface area contributed by atoms with E-state index in [1.54, 1.807) is 0 Å². The number of carbonyl (C=O) groups is 2. The number of nitrogens with one attached hydrogen (secondary N) is 1. The first-order valence-corrected chi connectivity index (χ1v) is 11.5. The SMILES string of the molecule is COc1cc(C(=O)N[C@@H]2CN(C(=O)CC(C)C)C[C@@H]2F)cc(-c2cc(C(F)(F)F)c3c(N)ncnn23)c1. The van der Waals surface area contributed by atoms with E-state index < -0.39 is 35.4 Å². The number of nitrogens with zero attached hydrogens (tertiary/aromatic N) is 4. The Hall–Kier alpha value is -3.90. The molecule has 9 nitrogen and oxygen atoms in total. The van der Waals surface area contributed by atoms with Gasteiger partial charge in [0.15, 0.2) is 5.82 Å². The molecule has 0 bridgehead atoms. The van der Waals surface area contributed by atoms with Crippen molar-refractivity contribution in [2.45, 2.75) is 38.7 Å². The van der Waals surface area contributed by atoms with Crippen molar-refractivity contribution in [3.05, 3.63) is 41.7 Å². The number of amides is 2. The molecule has 3 heterocycles. The Morgan fingerprint density at radius 3 is 2.59 bits per heavy atom. The van der Waals surface area contributed by atoms with Crippen LogP contribution in [0.1, 0.15) is 36.2 Å². The van der Waals surface area contributed by atoms with Gasteiger partial charge < -0.3 is 20.7 Å². The first-order chi connectivity index (χ1) is 17.4. The molecular weight excluding hydrogens is 496 g/mol. The monoisotopic (exact) mass is 522 g/mol. The minimum atomic E-state index is -4.74. The Balaban J connectivity index is 1.66. The fourth-order valence-corrected chi connectivity index (χ4v) is 4.32. The summed E-state index contributed by atoms with van der Waals surface area (Å²) in [6.07, 6.45) is -4.91. The summed E-state index contributed by atoms with van der Waals surface area (Å²) in [6.45, 7) is 3.65. The van der Waals surface area contributed by atoms with Gasteiger partial charge in [0.25, 0.3) is 5.91 Å². The van der Waals surface area contributed by atoms with Crippen LogP contribution >= 0.6 is 0 Å². The lowest BCUT2D eigenvalue weighted by Crippen LogP contribution is -2.41. The Morgan fingerprint density at radius 1 is 1.22 bits per heavy atom. The van der Waals surface area contributed by atoms with E-state index in [2.05, 4.69) is 15.4 Å². The first kappa shape index (κ1) is 26.2. The molecule has 37 heavy (non-hydrogen) atoms. The van der Waals surface area contributed by atoms with Crippen LogP contribution in [-0.4, -0.2) is 63.7 Å². The molecule has 1 aliphatic heterocycles. The average molecular weight is 523 g/mol. The number of ether oxygens (including phenoxy) is 1. The van der Waals surface area contributed by atoms with Gasteiger partial charge in [0.1, 0.15) is 23.8 Å². The zero-order chi connectivity index (χ0) is 27.1. The van der Waals surface area contributed by atoms with Gasteiger partial charge in [0, 0.05) is 24.1 Å². The lowest BCUT2D eigenvalue weighted by atomic mass is 10.1. The van der Waals surface area contributed by atoms with Crippen LogP contribution in [0.5, 0.6) is 5.75 Å². The van der Waals surface area contributed by atoms with Gasteiger partial charge in [-0.05, 0) is 30.2 Å². The molecular formula is C24H26F4N6O3. The highest BCUT2D eigenvalue weighted by Gasteiger charge is 2.38. The zero-order valence-electron chi connectivity index (χ0n) is 20.3. The maximum absolute atomic E-state index is 14.7. The molecule has 1 fully saturated rings. The van der Waals surface area contributed by atoms with Crippen LogP contribution in [0.3, 0.4) is 0 Å². The highest BCUT2D eigenvalue weighted by atomic mass is 19.4. The lowest BCUT2D eigenvalue weighted by molar-refractivity contribution is -0.136. The number of halogens is 4. The third-order valence-corrected chi connectivity index (χ3v) is 6.09. The van der Waals surface area contributed by atoms with Crippen molar-refractivity contribution >= 4 is 23.1 Å². The normalized spacial score (nSPS) is 18.0. The molecule has 0 aliphatic carbocycles. The van der Waals surface area contributed by atoms with Gasteiger partial charge in [-0.1, -0.05) is 13.8 Å². The maximum Gasteiger partial charge on any atom is 0.418 e. The summed E-state index contributed by atoms with van der Waals surface area (Å²) in [6, 6.07) is 4.10. The molecule has 0 radical (unpaired) electrons. The van der Waals surface area contributed by atoms with Crippen molar-refractivity contribution in [2.24, 2.45) is 5.92 Å². The van der Waals surface area contributed by atoms with E-state index in [-0.39, 0.29) is 59.7 Å². The highest BCUT2D eigenvalue weighted by Crippen LogP contribution is 2.39. The smallest absolute Gasteiger partial charge is 0.418 e. The number of nitrogen functional groups attached to an aromatic ring is 1. The molecule has 4 rings (SSSR count). The largest absolute Gasteiger partial charge is 0.497 e. The van der Waals surface area contributed by atoms with Crippen LogP contribution < -0.4 is 15.8 Å². The average Bonchev–Trinajstić information content (AvgIpc) is 3.40. The minimum absolute atomic E-state index is 0.000864. The molecule has 2 atom stereocenters. The number of benzene rings is 1. The summed E-state index contributed by atoms with van der Waals surface area (Å²) in [5.74, 6) is -0.929. The van der Waals surface area contributed by atoms with Crippen LogP contribution in [0, 0.1) is 5.92 Å². The molecule has 0 spiro atoms. The Kier molecular flexibility index (Phi) is 6.98. The molecule has 1 saturated heterocycles. The Labute approximate surface area is 209 Å². The van der Waals surface area contributed by atoms with E-state index in [1.165, 1.54) is 30.2 Å². The summed E-state index contributed by atoms with van der Waals surface area (Å²) in [5.41, 5.74) is 4.47. The van der Waals surface area contributed by atoms with Crippen molar-refractivity contribution in [3.8, 4) is 17.0 Å². The fourth-order valence-electron chi connectivity index (χ4n) is 4.32. The third-order valence-electron chi connectivity index (χ3n) is 6.09. The second kappa shape index (κ2) is 9.87. The second-order valence-corrected chi connectivity index (χ2v) is 9.29. The van der Waals surface area contributed by atoms with E-state index in [9.17, 15) is 27.2 Å². The predicted octanol–water partition coefficient (Wildman–Crippen LogP) is 3.33. The predicted molar refractivity (Wildman–Crippen MR) is 127 cm³/mol. The maximum atomic E-state index is 14.7. The molecule has 3 N–H and O–H groups in total. The molecule has 13 heteroatoms. The number of nitrogens with two attached hydrogens (primary N) is 1. The van der Waals surface area contributed by atoms with Crippen molar-refractivity contribution in [2.75, 3.05) is 25.9 Å². The molecule has 198 valence electrons. The van der Waals surface area contributed by atoms with Crippen LogP contribution in [0.25, 0.3) is 16.8 Å². The molecule has 2 amide bonds. The van der Waals surface area contributed by atoms with Crippen LogP contribution in [0.15, 0.2) is 30.6 Å². The third kappa shape index (κ3) is 5.30. The number of aromatic nitrogens is 3. The van der Waals surface area contributed by atoms with Gasteiger partial charge in [-0.15, -0.1) is 0 Å². The fraction of sp³-hybridized carbons (Fsp3) is 0.417. The van der Waals surface area contributed by atoms with E-state index in [0.717, 1.165) is 16.9 Å². The number of alkyl halides is 4. The minimum Gasteiger partial charge on any atom is -0.497 e. The van der Waals surface area contributed by atoms with Crippen LogP contribution in [-0.2, 0) is 11.0 Å². The summed E-state index contributed by atoms with van der Waals surface area (Å²) in [4.78, 5) is 30.4. The van der Waals surface area contributed by atoms with Gasteiger partial charge in [-0.2, -0.15) is 18.3 Å². The number of likely N-dealkylation sites (tertiary alicyclic amines) is 1. The molecule has 0 unspecified atom stereocenters. The lowest BCUT2D eigenvalue weighted by Gasteiger charge is -2.18. The number of hydrogen-bond donors (Lipinski definition) is 2. The van der Waals surface area contributed by atoms with E-state index in [0.29, 0.717) is 0 Å². The Morgan fingerprint density at radius 2 is 1.95 bits per heavy atom. The summed E-state index contributed by atoms with van der Waals surface area (Å²) in [5, 5.41) is 6.51. The van der Waals surface area contributed by atoms with Gasteiger partial charge in [0.05, 0.1) is 31.0 Å². The number of hydrogen-bond acceptors (Lipinski definition) is 6. The standard InChI is InChI=1S/C24H26F4N6O3/c1-12(2)4-20(35)33-9-17(25)18(10-33)32-23(36)14-5-13(6-15(7-14)37-3)19-8-16(24(26,27)28)21-22(29)30-11-31-34(19)21/h5-8,11-12,17-18H,4,9-10H2,1-3H3,(H,32,36)(H2,29,30,31)/t17-,18+/m0/s1. The summed E-state index contributed by atoms with van der Waals surface area (Å²) < 4.78 is 62.1. The Bertz CT molecular complexity index is 1340. The van der Waals surface area contributed by atoms with E-state index in [4.69, 9.17) is 10.5 Å². The summed E-state index contributed by atoms with van der Waals surface area (Å²) in [7, 11) is 1.34. The number of methoxy groups -OCH3 is 1. The topological polar surface area (TPSA) is 115 Å². The quantitative estimate of drug-likeness (QED) is 0.480. The first-order valence-electron chi connectivity index (χ1n) is 11.5. The van der Waals surface area contributed by atoms with Crippen LogP contribution in [0.4, 0.5) is 23.4 Å². The van der Waals surface area contributed by atoms with Crippen molar-refractivity contribution < 1.29 is 31.9 Å². The van der Waals surface area contributed by atoms with E-state index in [1.807, 2.05) is 13.8 Å². The molecule has 1 aromatic carbocycles. The van der Waals surface area contributed by atoms with Gasteiger partial charge in [-0.3, -0.25) is 9.59 Å². The second-order valence-electron chi connectivity index (χ2n) is 9.29. The molecule has 3 aromatic rings. The molecule has 1 aliphatic rings. The van der Waals surface area contributed by atoms with Gasteiger partial charge in [0.2, 0.25) is 5.91 Å². The molecule has 2 aromatic heterocycles.